The highest BCUT2D eigenvalue weighted by atomic mass is 16.2. The molecule has 10 heteroatoms. The fraction of sp³-hybridized carbons (Fsp3) is 0.381. The van der Waals surface area contributed by atoms with Crippen LogP contribution in [0.5, 0.6) is 0 Å². The molecule has 10 nitrogen and oxygen atoms in total. The van der Waals surface area contributed by atoms with Crippen LogP contribution in [0.1, 0.15) is 33.7 Å². The Bertz CT molecular complexity index is 1130. The number of carbonyl (C=O) groups is 3. The van der Waals surface area contributed by atoms with Crippen molar-refractivity contribution >= 4 is 28.6 Å². The van der Waals surface area contributed by atoms with Gasteiger partial charge in [-0.2, -0.15) is 0 Å². The minimum atomic E-state index is -0.510. The Morgan fingerprint density at radius 2 is 2.03 bits per heavy atom. The first-order valence-electron chi connectivity index (χ1n) is 10.2. The molecular formula is C21H25N7O3. The van der Waals surface area contributed by atoms with E-state index in [4.69, 9.17) is 5.73 Å². The highest BCUT2D eigenvalue weighted by Gasteiger charge is 2.25. The van der Waals surface area contributed by atoms with Crippen molar-refractivity contribution in [3.63, 3.8) is 0 Å². The molecule has 1 aliphatic rings. The summed E-state index contributed by atoms with van der Waals surface area (Å²) in [5, 5.41) is 11.2. The normalized spacial score (nSPS) is 16.4. The van der Waals surface area contributed by atoms with Crippen molar-refractivity contribution in [3.05, 3.63) is 47.9 Å². The molecule has 1 aliphatic heterocycles. The van der Waals surface area contributed by atoms with Gasteiger partial charge in [0.1, 0.15) is 6.54 Å². The SMILES string of the molecule is CNC(=O)c1cn(CC2CCCN(C(=O)Cn3cc(C(N)=O)c4ccccc43)C2)nn1. The molecule has 0 aliphatic carbocycles. The molecule has 4 rings (SSSR count). The number of aromatic nitrogens is 4. The van der Waals surface area contributed by atoms with E-state index in [1.165, 1.54) is 0 Å². The largest absolute Gasteiger partial charge is 0.366 e. The highest BCUT2D eigenvalue weighted by molar-refractivity contribution is 6.06. The first kappa shape index (κ1) is 20.6. The van der Waals surface area contributed by atoms with Crippen molar-refractivity contribution < 1.29 is 14.4 Å². The second kappa shape index (κ2) is 8.58. The summed E-state index contributed by atoms with van der Waals surface area (Å²) in [6.45, 7) is 2.03. The third kappa shape index (κ3) is 4.27. The molecule has 0 radical (unpaired) electrons. The van der Waals surface area contributed by atoms with Crippen LogP contribution in [0.25, 0.3) is 10.9 Å². The Balaban J connectivity index is 1.44. The zero-order chi connectivity index (χ0) is 22.0. The minimum absolute atomic E-state index is 0.00823. The van der Waals surface area contributed by atoms with Gasteiger partial charge < -0.3 is 20.5 Å². The first-order chi connectivity index (χ1) is 15.0. The molecule has 1 unspecified atom stereocenters. The fourth-order valence-corrected chi connectivity index (χ4v) is 4.14. The van der Waals surface area contributed by atoms with Crippen LogP contribution in [-0.4, -0.2) is 62.3 Å². The van der Waals surface area contributed by atoms with E-state index in [-0.39, 0.29) is 30.0 Å². The van der Waals surface area contributed by atoms with Crippen molar-refractivity contribution in [2.75, 3.05) is 20.1 Å². The van der Waals surface area contributed by atoms with Crippen LogP contribution in [0.4, 0.5) is 0 Å². The van der Waals surface area contributed by atoms with E-state index in [9.17, 15) is 14.4 Å². The van der Waals surface area contributed by atoms with Crippen molar-refractivity contribution in [1.29, 1.82) is 0 Å². The number of primary amides is 1. The van der Waals surface area contributed by atoms with Crippen LogP contribution in [0, 0.1) is 5.92 Å². The Morgan fingerprint density at radius 3 is 2.81 bits per heavy atom. The predicted molar refractivity (Wildman–Crippen MR) is 113 cm³/mol. The summed E-state index contributed by atoms with van der Waals surface area (Å²) in [5.41, 5.74) is 7.00. The number of nitrogens with zero attached hydrogens (tertiary/aromatic N) is 5. The lowest BCUT2D eigenvalue weighted by atomic mass is 9.98. The number of rotatable bonds is 6. The topological polar surface area (TPSA) is 128 Å². The second-order valence-corrected chi connectivity index (χ2v) is 7.81. The molecule has 162 valence electrons. The zero-order valence-corrected chi connectivity index (χ0v) is 17.3. The molecule has 3 heterocycles. The average Bonchev–Trinajstić information content (AvgIpc) is 3.38. The summed E-state index contributed by atoms with van der Waals surface area (Å²) in [6, 6.07) is 7.42. The number of nitrogens with one attached hydrogen (secondary N) is 1. The lowest BCUT2D eigenvalue weighted by molar-refractivity contribution is -0.133. The number of benzene rings is 1. The van der Waals surface area contributed by atoms with Crippen LogP contribution in [0.3, 0.4) is 0 Å². The quantitative estimate of drug-likeness (QED) is 0.601. The summed E-state index contributed by atoms with van der Waals surface area (Å²) in [4.78, 5) is 38.3. The van der Waals surface area contributed by atoms with Gasteiger partial charge in [0.15, 0.2) is 5.69 Å². The molecule has 0 spiro atoms. The summed E-state index contributed by atoms with van der Waals surface area (Å²) < 4.78 is 3.44. The van der Waals surface area contributed by atoms with Crippen molar-refractivity contribution in [3.8, 4) is 0 Å². The van der Waals surface area contributed by atoms with E-state index in [1.807, 2.05) is 29.2 Å². The lowest BCUT2D eigenvalue weighted by Gasteiger charge is -2.32. The van der Waals surface area contributed by atoms with Crippen molar-refractivity contribution in [1.82, 2.24) is 29.8 Å². The molecule has 3 aromatic rings. The number of hydrogen-bond donors (Lipinski definition) is 2. The third-order valence-electron chi connectivity index (χ3n) is 5.67. The number of fused-ring (bicyclic) bond motifs is 1. The highest BCUT2D eigenvalue weighted by Crippen LogP contribution is 2.23. The van der Waals surface area contributed by atoms with E-state index in [0.29, 0.717) is 25.2 Å². The summed E-state index contributed by atoms with van der Waals surface area (Å²) in [7, 11) is 1.55. The molecule has 1 saturated heterocycles. The Hall–Kier alpha value is -3.69. The minimum Gasteiger partial charge on any atom is -0.366 e. The van der Waals surface area contributed by atoms with E-state index in [2.05, 4.69) is 15.6 Å². The smallest absolute Gasteiger partial charge is 0.273 e. The summed E-state index contributed by atoms with van der Waals surface area (Å²) in [6.07, 6.45) is 5.14. The van der Waals surface area contributed by atoms with Gasteiger partial charge in [0, 0.05) is 43.8 Å². The fourth-order valence-electron chi connectivity index (χ4n) is 4.14. The Labute approximate surface area is 179 Å². The van der Waals surface area contributed by atoms with Gasteiger partial charge in [-0.1, -0.05) is 23.4 Å². The molecule has 1 fully saturated rings. The van der Waals surface area contributed by atoms with Crippen LogP contribution in [0.2, 0.25) is 0 Å². The molecule has 0 saturated carbocycles. The Kier molecular flexibility index (Phi) is 5.70. The molecule has 0 bridgehead atoms. The van der Waals surface area contributed by atoms with Gasteiger partial charge >= 0.3 is 0 Å². The van der Waals surface area contributed by atoms with E-state index < -0.39 is 5.91 Å². The number of carbonyl (C=O) groups excluding carboxylic acids is 3. The van der Waals surface area contributed by atoms with Crippen LogP contribution in [0.15, 0.2) is 36.7 Å². The molecule has 3 amide bonds. The van der Waals surface area contributed by atoms with Gasteiger partial charge in [-0.05, 0) is 24.8 Å². The van der Waals surface area contributed by atoms with E-state index >= 15 is 0 Å². The maximum absolute atomic E-state index is 13.0. The molecule has 1 atom stereocenters. The monoisotopic (exact) mass is 423 g/mol. The maximum atomic E-state index is 13.0. The number of amides is 3. The van der Waals surface area contributed by atoms with Crippen LogP contribution >= 0.6 is 0 Å². The number of hydrogen-bond acceptors (Lipinski definition) is 5. The summed E-state index contributed by atoms with van der Waals surface area (Å²) >= 11 is 0. The van der Waals surface area contributed by atoms with Gasteiger partial charge in [-0.15, -0.1) is 5.10 Å². The third-order valence-corrected chi connectivity index (χ3v) is 5.67. The molecule has 31 heavy (non-hydrogen) atoms. The molecular weight excluding hydrogens is 398 g/mol. The maximum Gasteiger partial charge on any atom is 0.273 e. The lowest BCUT2D eigenvalue weighted by Crippen LogP contribution is -2.42. The number of piperidine rings is 1. The average molecular weight is 423 g/mol. The van der Waals surface area contributed by atoms with Crippen molar-refractivity contribution in [2.45, 2.75) is 25.9 Å². The number of para-hydroxylation sites is 1. The molecule has 3 N–H and O–H groups in total. The number of likely N-dealkylation sites (tertiary alicyclic amines) is 1. The molecule has 2 aromatic heterocycles. The zero-order valence-electron chi connectivity index (χ0n) is 17.3. The van der Waals surface area contributed by atoms with Crippen molar-refractivity contribution in [2.24, 2.45) is 11.7 Å². The van der Waals surface area contributed by atoms with Crippen LogP contribution < -0.4 is 11.1 Å². The first-order valence-corrected chi connectivity index (χ1v) is 10.2. The van der Waals surface area contributed by atoms with Gasteiger partial charge in [-0.3, -0.25) is 19.1 Å². The van der Waals surface area contributed by atoms with Gasteiger partial charge in [-0.25, -0.2) is 0 Å². The van der Waals surface area contributed by atoms with Crippen LogP contribution in [-0.2, 0) is 17.9 Å². The Morgan fingerprint density at radius 1 is 1.23 bits per heavy atom. The summed E-state index contributed by atoms with van der Waals surface area (Å²) in [5.74, 6) is -0.573. The number of nitrogens with two attached hydrogens (primary N) is 1. The van der Waals surface area contributed by atoms with Gasteiger partial charge in [0.2, 0.25) is 5.91 Å². The van der Waals surface area contributed by atoms with E-state index in [1.54, 1.807) is 28.7 Å². The molecule has 1 aromatic carbocycles. The van der Waals surface area contributed by atoms with Gasteiger partial charge in [0.25, 0.3) is 11.8 Å². The predicted octanol–water partition coefficient (Wildman–Crippen LogP) is 0.630. The standard InChI is InChI=1S/C21H25N7O3/c1-23-21(31)17-12-28(25-24-17)10-14-5-4-8-26(9-14)19(29)13-27-11-16(20(22)30)15-6-2-3-7-18(15)27/h2-3,6-7,11-12,14H,4-5,8-10,13H2,1H3,(H2,22,30)(H,23,31). The van der Waals surface area contributed by atoms with Gasteiger partial charge in [0.05, 0.1) is 11.8 Å². The second-order valence-electron chi connectivity index (χ2n) is 7.81. The van der Waals surface area contributed by atoms with E-state index in [0.717, 1.165) is 23.7 Å².